The van der Waals surface area contributed by atoms with Crippen LogP contribution in [0, 0.1) is 6.92 Å². The number of hydrogen-bond acceptors (Lipinski definition) is 5. The van der Waals surface area contributed by atoms with Crippen molar-refractivity contribution in [2.24, 2.45) is 0 Å². The number of benzene rings is 2. The van der Waals surface area contributed by atoms with Crippen molar-refractivity contribution in [1.29, 1.82) is 0 Å². The number of rotatable bonds is 9. The van der Waals surface area contributed by atoms with Crippen molar-refractivity contribution < 1.29 is 17.9 Å². The smallest absolute Gasteiger partial charge is 0.235 e. The molecule has 7 nitrogen and oxygen atoms in total. The zero-order valence-electron chi connectivity index (χ0n) is 18.2. The fraction of sp³-hybridized carbons (Fsp3) is 0.435. The van der Waals surface area contributed by atoms with Gasteiger partial charge < -0.3 is 10.1 Å². The fourth-order valence-corrected chi connectivity index (χ4v) is 4.22. The molecule has 1 aliphatic rings. The average Bonchev–Trinajstić information content (AvgIpc) is 2.74. The second-order valence-corrected chi connectivity index (χ2v) is 9.93. The van der Waals surface area contributed by atoms with Crippen molar-refractivity contribution >= 4 is 15.9 Å². The van der Waals surface area contributed by atoms with Gasteiger partial charge in [0.25, 0.3) is 0 Å². The highest BCUT2D eigenvalue weighted by Gasteiger charge is 2.21. The van der Waals surface area contributed by atoms with E-state index in [4.69, 9.17) is 4.74 Å². The summed E-state index contributed by atoms with van der Waals surface area (Å²) in [6.07, 6.45) is 1.13. The summed E-state index contributed by atoms with van der Waals surface area (Å²) in [5.74, 6) is -0.321. The molecule has 0 radical (unpaired) electrons. The van der Waals surface area contributed by atoms with Crippen LogP contribution in [0.25, 0.3) is 0 Å². The summed E-state index contributed by atoms with van der Waals surface area (Å²) in [6.45, 7) is 6.36. The van der Waals surface area contributed by atoms with Gasteiger partial charge in [-0.15, -0.1) is 0 Å². The van der Waals surface area contributed by atoms with Gasteiger partial charge >= 0.3 is 0 Å². The highest BCUT2D eigenvalue weighted by molar-refractivity contribution is 7.88. The first kappa shape index (κ1) is 23.4. The van der Waals surface area contributed by atoms with Crippen molar-refractivity contribution in [2.45, 2.75) is 26.6 Å². The molecule has 2 aromatic rings. The highest BCUT2D eigenvalue weighted by Crippen LogP contribution is 2.14. The van der Waals surface area contributed by atoms with E-state index in [9.17, 15) is 13.2 Å². The molecule has 0 atom stereocenters. The van der Waals surface area contributed by atoms with E-state index in [1.165, 1.54) is 4.31 Å². The van der Waals surface area contributed by atoms with Crippen molar-refractivity contribution in [1.82, 2.24) is 14.5 Å². The van der Waals surface area contributed by atoms with Crippen molar-refractivity contribution in [3.63, 3.8) is 0 Å². The average molecular weight is 446 g/mol. The van der Waals surface area contributed by atoms with Crippen LogP contribution in [0.15, 0.2) is 48.5 Å². The van der Waals surface area contributed by atoms with Gasteiger partial charge in [0.05, 0.1) is 26.0 Å². The molecule has 0 spiro atoms. The van der Waals surface area contributed by atoms with E-state index in [0.29, 0.717) is 6.54 Å². The zero-order chi connectivity index (χ0) is 22.3. The Labute approximate surface area is 185 Å². The highest BCUT2D eigenvalue weighted by atomic mass is 32.2. The SMILES string of the molecule is Cc1ccc(CN(CC(=O)NCc2ccccc2CN2CCOCC2)S(C)(=O)=O)cc1. The first-order chi connectivity index (χ1) is 14.8. The molecule has 0 unspecified atom stereocenters. The molecular weight excluding hydrogens is 414 g/mol. The molecule has 0 aromatic heterocycles. The summed E-state index contributed by atoms with van der Waals surface area (Å²) in [5, 5.41) is 2.89. The third-order valence-corrected chi connectivity index (χ3v) is 6.56. The van der Waals surface area contributed by atoms with E-state index in [-0.39, 0.29) is 19.0 Å². The van der Waals surface area contributed by atoms with Crippen LogP contribution < -0.4 is 5.32 Å². The summed E-state index contributed by atoms with van der Waals surface area (Å²) in [7, 11) is -3.52. The lowest BCUT2D eigenvalue weighted by Crippen LogP contribution is -2.40. The zero-order valence-corrected chi connectivity index (χ0v) is 19.0. The van der Waals surface area contributed by atoms with Gasteiger partial charge in [-0.2, -0.15) is 4.31 Å². The lowest BCUT2D eigenvalue weighted by molar-refractivity contribution is -0.121. The van der Waals surface area contributed by atoms with Crippen molar-refractivity contribution in [3.05, 3.63) is 70.8 Å². The summed E-state index contributed by atoms with van der Waals surface area (Å²) in [5.41, 5.74) is 4.14. The van der Waals surface area contributed by atoms with E-state index >= 15 is 0 Å². The summed E-state index contributed by atoms with van der Waals surface area (Å²) >= 11 is 0. The number of nitrogens with one attached hydrogen (secondary N) is 1. The molecule has 8 heteroatoms. The molecule has 0 bridgehead atoms. The molecule has 1 heterocycles. The Morgan fingerprint density at radius 1 is 1.06 bits per heavy atom. The standard InChI is InChI=1S/C23H31N3O4S/c1-19-7-9-20(10-8-19)16-26(31(2,28)29)18-23(27)24-15-21-5-3-4-6-22(21)17-25-11-13-30-14-12-25/h3-10H,11-18H2,1-2H3,(H,24,27). The minimum Gasteiger partial charge on any atom is -0.379 e. The van der Waals surface area contributed by atoms with Gasteiger partial charge in [0, 0.05) is 32.7 Å². The molecule has 168 valence electrons. The van der Waals surface area contributed by atoms with Crippen LogP contribution in [0.4, 0.5) is 0 Å². The Hall–Kier alpha value is -2.26. The number of carbonyl (C=O) groups excluding carboxylic acids is 1. The van der Waals surface area contributed by atoms with Gasteiger partial charge in [0.15, 0.2) is 0 Å². The molecule has 0 saturated carbocycles. The van der Waals surface area contributed by atoms with Crippen LogP contribution in [-0.2, 0) is 39.2 Å². The molecule has 3 rings (SSSR count). The van der Waals surface area contributed by atoms with Gasteiger partial charge in [-0.05, 0) is 23.6 Å². The molecular formula is C23H31N3O4S. The first-order valence-corrected chi connectivity index (χ1v) is 12.3. The largest absolute Gasteiger partial charge is 0.379 e. The van der Waals surface area contributed by atoms with Gasteiger partial charge in [-0.1, -0.05) is 54.1 Å². The first-order valence-electron chi connectivity index (χ1n) is 10.5. The number of amides is 1. The monoisotopic (exact) mass is 445 g/mol. The Kier molecular flexibility index (Phi) is 8.20. The number of morpholine rings is 1. The summed E-state index contributed by atoms with van der Waals surface area (Å²) < 4.78 is 31.0. The Morgan fingerprint density at radius 2 is 1.71 bits per heavy atom. The molecule has 2 aromatic carbocycles. The van der Waals surface area contributed by atoms with E-state index in [0.717, 1.165) is 61.4 Å². The maximum Gasteiger partial charge on any atom is 0.235 e. The van der Waals surface area contributed by atoms with E-state index in [1.54, 1.807) is 0 Å². The predicted octanol–water partition coefficient (Wildman–Crippen LogP) is 1.91. The van der Waals surface area contributed by atoms with E-state index in [2.05, 4.69) is 16.3 Å². The summed E-state index contributed by atoms with van der Waals surface area (Å²) in [4.78, 5) is 14.9. The normalized spacial score (nSPS) is 15.2. The number of ether oxygens (including phenoxy) is 1. The molecule has 1 amide bonds. The number of carbonyl (C=O) groups is 1. The van der Waals surface area contributed by atoms with Crippen LogP contribution >= 0.6 is 0 Å². The Balaban J connectivity index is 1.59. The topological polar surface area (TPSA) is 79.0 Å². The minimum absolute atomic E-state index is 0.167. The van der Waals surface area contributed by atoms with Crippen LogP contribution in [0.3, 0.4) is 0 Å². The lowest BCUT2D eigenvalue weighted by Gasteiger charge is -2.27. The molecule has 31 heavy (non-hydrogen) atoms. The maximum absolute atomic E-state index is 12.6. The number of hydrogen-bond donors (Lipinski definition) is 1. The Bertz CT molecular complexity index is 971. The third-order valence-electron chi connectivity index (χ3n) is 5.36. The predicted molar refractivity (Wildman–Crippen MR) is 121 cm³/mol. The lowest BCUT2D eigenvalue weighted by atomic mass is 10.1. The van der Waals surface area contributed by atoms with Crippen LogP contribution in [0.2, 0.25) is 0 Å². The van der Waals surface area contributed by atoms with Gasteiger partial charge in [-0.25, -0.2) is 8.42 Å². The molecule has 0 aliphatic carbocycles. The van der Waals surface area contributed by atoms with Crippen molar-refractivity contribution in [3.8, 4) is 0 Å². The van der Waals surface area contributed by atoms with Gasteiger partial charge in [-0.3, -0.25) is 9.69 Å². The number of aryl methyl sites for hydroxylation is 1. The van der Waals surface area contributed by atoms with Gasteiger partial charge in [0.1, 0.15) is 0 Å². The molecule has 1 saturated heterocycles. The Morgan fingerprint density at radius 3 is 2.35 bits per heavy atom. The van der Waals surface area contributed by atoms with Crippen molar-refractivity contribution in [2.75, 3.05) is 39.1 Å². The molecule has 1 N–H and O–H groups in total. The maximum atomic E-state index is 12.6. The van der Waals surface area contributed by atoms with Gasteiger partial charge in [0.2, 0.25) is 15.9 Å². The minimum atomic E-state index is -3.52. The van der Waals surface area contributed by atoms with Crippen LogP contribution in [-0.4, -0.2) is 62.6 Å². The second-order valence-electron chi connectivity index (χ2n) is 7.95. The second kappa shape index (κ2) is 10.9. The van der Waals surface area contributed by atoms with E-state index < -0.39 is 10.0 Å². The van der Waals surface area contributed by atoms with Crippen LogP contribution in [0.1, 0.15) is 22.3 Å². The summed E-state index contributed by atoms with van der Waals surface area (Å²) in [6, 6.07) is 15.6. The fourth-order valence-electron chi connectivity index (χ4n) is 3.48. The van der Waals surface area contributed by atoms with Crippen LogP contribution in [0.5, 0.6) is 0 Å². The molecule has 1 fully saturated rings. The number of nitrogens with zero attached hydrogens (tertiary/aromatic N) is 2. The number of sulfonamides is 1. The quantitative estimate of drug-likeness (QED) is 0.638. The molecule has 1 aliphatic heterocycles. The third kappa shape index (κ3) is 7.43. The van der Waals surface area contributed by atoms with E-state index in [1.807, 2.05) is 49.4 Å².